The maximum atomic E-state index is 12.7. The van der Waals surface area contributed by atoms with Crippen LogP contribution in [0.3, 0.4) is 0 Å². The molecule has 1 unspecified atom stereocenters. The Labute approximate surface area is 142 Å². The third-order valence-corrected chi connectivity index (χ3v) is 5.44. The van der Waals surface area contributed by atoms with Gasteiger partial charge in [0.05, 0.1) is 18.0 Å². The Morgan fingerprint density at radius 1 is 1.25 bits per heavy atom. The highest BCUT2D eigenvalue weighted by Gasteiger charge is 2.31. The van der Waals surface area contributed by atoms with Crippen LogP contribution < -0.4 is 0 Å². The van der Waals surface area contributed by atoms with Crippen molar-refractivity contribution >= 4 is 17.2 Å². The number of benzene rings is 1. The van der Waals surface area contributed by atoms with Crippen LogP contribution in [0, 0.1) is 0 Å². The van der Waals surface area contributed by atoms with E-state index in [1.165, 1.54) is 22.6 Å². The Morgan fingerprint density at radius 2 is 1.96 bits per heavy atom. The van der Waals surface area contributed by atoms with E-state index in [9.17, 15) is 18.0 Å². The predicted molar refractivity (Wildman–Crippen MR) is 87.9 cm³/mol. The van der Waals surface area contributed by atoms with Crippen LogP contribution in [0.25, 0.3) is 0 Å². The lowest BCUT2D eigenvalue weighted by molar-refractivity contribution is -0.137. The number of nitrogens with zero attached hydrogens (tertiary/aromatic N) is 1. The first-order valence-corrected chi connectivity index (χ1v) is 8.80. The summed E-state index contributed by atoms with van der Waals surface area (Å²) in [6.07, 6.45) is -2.53. The third-order valence-electron chi connectivity index (χ3n) is 4.44. The molecule has 0 saturated carbocycles. The molecule has 6 heteroatoms. The quantitative estimate of drug-likeness (QED) is 0.773. The van der Waals surface area contributed by atoms with Crippen LogP contribution in [0.4, 0.5) is 13.2 Å². The van der Waals surface area contributed by atoms with Crippen molar-refractivity contribution in [2.75, 3.05) is 6.54 Å². The first kappa shape index (κ1) is 17.0. The molecule has 0 spiro atoms. The highest BCUT2D eigenvalue weighted by atomic mass is 32.1. The molecule has 128 valence electrons. The largest absolute Gasteiger partial charge is 0.416 e. The van der Waals surface area contributed by atoms with E-state index in [2.05, 4.69) is 18.4 Å². The molecule has 2 aromatic rings. The van der Waals surface area contributed by atoms with Crippen molar-refractivity contribution in [2.24, 2.45) is 0 Å². The fourth-order valence-corrected chi connectivity index (χ4v) is 4.15. The Hall–Kier alpha value is -1.82. The minimum Gasteiger partial charge on any atom is -0.335 e. The van der Waals surface area contributed by atoms with E-state index in [1.54, 1.807) is 11.3 Å². The second-order valence-corrected chi connectivity index (χ2v) is 6.93. The van der Waals surface area contributed by atoms with E-state index in [-0.39, 0.29) is 18.4 Å². The maximum Gasteiger partial charge on any atom is 0.416 e. The first-order chi connectivity index (χ1) is 11.4. The summed E-state index contributed by atoms with van der Waals surface area (Å²) < 4.78 is 37.8. The molecule has 1 aromatic heterocycles. The van der Waals surface area contributed by atoms with Gasteiger partial charge in [0.2, 0.25) is 5.91 Å². The third kappa shape index (κ3) is 3.34. The zero-order valence-corrected chi connectivity index (χ0v) is 14.1. The van der Waals surface area contributed by atoms with Crippen LogP contribution in [0.5, 0.6) is 0 Å². The Morgan fingerprint density at radius 3 is 2.58 bits per heavy atom. The molecule has 1 aromatic carbocycles. The molecule has 1 amide bonds. The molecule has 1 atom stereocenters. The number of halogens is 3. The van der Waals surface area contributed by atoms with Gasteiger partial charge in [-0.1, -0.05) is 19.1 Å². The van der Waals surface area contributed by atoms with Crippen LogP contribution in [0.2, 0.25) is 0 Å². The van der Waals surface area contributed by atoms with E-state index in [0.29, 0.717) is 12.1 Å². The van der Waals surface area contributed by atoms with Crippen molar-refractivity contribution in [3.63, 3.8) is 0 Å². The zero-order chi connectivity index (χ0) is 17.3. The number of rotatable bonds is 3. The second-order valence-electron chi connectivity index (χ2n) is 5.93. The van der Waals surface area contributed by atoms with Gasteiger partial charge in [-0.15, -0.1) is 11.3 Å². The summed E-state index contributed by atoms with van der Waals surface area (Å²) in [6, 6.07) is 7.00. The van der Waals surface area contributed by atoms with Gasteiger partial charge in [-0.3, -0.25) is 4.79 Å². The lowest BCUT2D eigenvalue weighted by Gasteiger charge is -2.35. The Bertz CT molecular complexity index is 721. The molecule has 0 N–H and O–H groups in total. The fraction of sp³-hybridized carbons (Fsp3) is 0.389. The molecule has 1 aliphatic rings. The zero-order valence-electron chi connectivity index (χ0n) is 13.3. The van der Waals surface area contributed by atoms with Crippen molar-refractivity contribution < 1.29 is 18.0 Å². The summed E-state index contributed by atoms with van der Waals surface area (Å²) in [4.78, 5) is 15.9. The molecule has 0 fully saturated rings. The summed E-state index contributed by atoms with van der Waals surface area (Å²) in [5, 5.41) is 2.05. The van der Waals surface area contributed by atoms with Gasteiger partial charge in [-0.2, -0.15) is 13.2 Å². The first-order valence-electron chi connectivity index (χ1n) is 7.92. The van der Waals surface area contributed by atoms with Crippen LogP contribution >= 0.6 is 11.3 Å². The van der Waals surface area contributed by atoms with Crippen LogP contribution in [0.1, 0.15) is 41.0 Å². The topological polar surface area (TPSA) is 20.3 Å². The van der Waals surface area contributed by atoms with Crippen LogP contribution in [0.15, 0.2) is 35.7 Å². The maximum absolute atomic E-state index is 12.7. The molecular weight excluding hydrogens is 335 g/mol. The summed E-state index contributed by atoms with van der Waals surface area (Å²) in [6.45, 7) is 2.72. The van der Waals surface area contributed by atoms with E-state index in [4.69, 9.17) is 0 Å². The molecule has 0 aliphatic carbocycles. The molecule has 0 bridgehead atoms. The predicted octanol–water partition coefficient (Wildman–Crippen LogP) is 4.85. The Balaban J connectivity index is 1.73. The molecule has 2 heterocycles. The molecular formula is C18H18F3NOS. The van der Waals surface area contributed by atoms with Crippen molar-refractivity contribution in [2.45, 2.75) is 38.4 Å². The van der Waals surface area contributed by atoms with E-state index in [1.807, 2.05) is 4.90 Å². The van der Waals surface area contributed by atoms with Gasteiger partial charge in [-0.05, 0) is 47.5 Å². The fourth-order valence-electron chi connectivity index (χ4n) is 3.22. The minimum atomic E-state index is -4.35. The van der Waals surface area contributed by atoms with E-state index in [0.717, 1.165) is 25.0 Å². The number of hydrogen-bond donors (Lipinski definition) is 0. The van der Waals surface area contributed by atoms with Gasteiger partial charge in [0.1, 0.15) is 0 Å². The summed E-state index contributed by atoms with van der Waals surface area (Å²) in [5.74, 6) is -0.0292. The van der Waals surface area contributed by atoms with Gasteiger partial charge in [-0.25, -0.2) is 0 Å². The summed E-state index contributed by atoms with van der Waals surface area (Å²) in [5.41, 5.74) is 1.14. The van der Waals surface area contributed by atoms with Crippen LogP contribution in [-0.2, 0) is 23.8 Å². The number of carbonyl (C=O) groups is 1. The molecule has 1 aliphatic heterocycles. The van der Waals surface area contributed by atoms with Crippen molar-refractivity contribution in [1.82, 2.24) is 4.90 Å². The van der Waals surface area contributed by atoms with Gasteiger partial charge >= 0.3 is 6.18 Å². The lowest BCUT2D eigenvalue weighted by atomic mass is 9.97. The molecule has 0 radical (unpaired) electrons. The number of carbonyl (C=O) groups excluding carboxylic acids is 1. The molecule has 24 heavy (non-hydrogen) atoms. The van der Waals surface area contributed by atoms with Crippen LogP contribution in [-0.4, -0.2) is 17.4 Å². The van der Waals surface area contributed by atoms with Gasteiger partial charge in [0.15, 0.2) is 0 Å². The molecule has 2 nitrogen and oxygen atoms in total. The minimum absolute atomic E-state index is 0.0292. The number of hydrogen-bond acceptors (Lipinski definition) is 2. The second kappa shape index (κ2) is 6.59. The number of fused-ring (bicyclic) bond motifs is 1. The van der Waals surface area contributed by atoms with Gasteiger partial charge < -0.3 is 4.90 Å². The lowest BCUT2D eigenvalue weighted by Crippen LogP contribution is -2.40. The highest BCUT2D eigenvalue weighted by Crippen LogP contribution is 2.35. The van der Waals surface area contributed by atoms with E-state index >= 15 is 0 Å². The van der Waals surface area contributed by atoms with Crippen molar-refractivity contribution in [3.8, 4) is 0 Å². The number of thiophene rings is 1. The highest BCUT2D eigenvalue weighted by molar-refractivity contribution is 7.10. The summed E-state index contributed by atoms with van der Waals surface area (Å²) >= 11 is 1.72. The number of alkyl halides is 3. The van der Waals surface area contributed by atoms with Gasteiger partial charge in [0, 0.05) is 11.4 Å². The monoisotopic (exact) mass is 353 g/mol. The SMILES string of the molecule is CCC1c2ccsc2CCN1C(=O)Cc1ccc(C(F)(F)F)cc1. The molecule has 0 saturated heterocycles. The van der Waals surface area contributed by atoms with Gasteiger partial charge in [0.25, 0.3) is 0 Å². The normalized spacial score (nSPS) is 17.7. The average molecular weight is 353 g/mol. The standard InChI is InChI=1S/C18H18F3NOS/c1-2-15-14-8-10-24-16(14)7-9-22(15)17(23)11-12-3-5-13(6-4-12)18(19,20)21/h3-6,8,10,15H,2,7,9,11H2,1H3. The number of amides is 1. The van der Waals surface area contributed by atoms with Crippen molar-refractivity contribution in [3.05, 3.63) is 57.3 Å². The smallest absolute Gasteiger partial charge is 0.335 e. The summed E-state index contributed by atoms with van der Waals surface area (Å²) in [7, 11) is 0. The van der Waals surface area contributed by atoms with E-state index < -0.39 is 11.7 Å². The Kier molecular flexibility index (Phi) is 4.67. The van der Waals surface area contributed by atoms with Crippen molar-refractivity contribution in [1.29, 1.82) is 0 Å². The molecule has 3 rings (SSSR count). The average Bonchev–Trinajstić information content (AvgIpc) is 3.02.